The molecule has 6 heteroatoms. The van der Waals surface area contributed by atoms with Crippen molar-refractivity contribution in [3.63, 3.8) is 0 Å². The largest absolute Gasteiger partial charge is 0.491 e. The fourth-order valence-corrected chi connectivity index (χ4v) is 2.25. The van der Waals surface area contributed by atoms with Crippen molar-refractivity contribution in [2.45, 2.75) is 26.8 Å². The minimum atomic E-state index is -0.895. The first kappa shape index (κ1) is 17.5. The van der Waals surface area contributed by atoms with Gasteiger partial charge in [0.15, 0.2) is 0 Å². The van der Waals surface area contributed by atoms with Crippen molar-refractivity contribution < 1.29 is 13.7 Å². The molecule has 0 aliphatic rings. The summed E-state index contributed by atoms with van der Waals surface area (Å²) in [5, 5.41) is 5.46. The van der Waals surface area contributed by atoms with E-state index in [1.807, 2.05) is 39.0 Å². The smallest absolute Gasteiger partial charge is 0.315 e. The molecule has 0 fully saturated rings. The summed E-state index contributed by atoms with van der Waals surface area (Å²) in [6.45, 7) is 6.68. The van der Waals surface area contributed by atoms with E-state index in [1.54, 1.807) is 6.26 Å². The average molecular weight is 312 g/mol. The molecule has 0 heterocycles. The fraction of sp³-hybridized carbons (Fsp3) is 0.533. The summed E-state index contributed by atoms with van der Waals surface area (Å²) in [5.74, 6) is 1.33. The highest BCUT2D eigenvalue weighted by molar-refractivity contribution is 7.84. The van der Waals surface area contributed by atoms with Crippen molar-refractivity contribution in [3.05, 3.63) is 29.3 Å². The Kier molecular flexibility index (Phi) is 7.22. The third kappa shape index (κ3) is 6.62. The number of carbonyl (C=O) groups excluding carboxylic acids is 1. The van der Waals surface area contributed by atoms with E-state index < -0.39 is 10.8 Å². The summed E-state index contributed by atoms with van der Waals surface area (Å²) < 4.78 is 16.7. The quantitative estimate of drug-likeness (QED) is 0.806. The second kappa shape index (κ2) is 8.67. The van der Waals surface area contributed by atoms with Crippen LogP contribution in [-0.4, -0.2) is 41.4 Å². The highest BCUT2D eigenvalue weighted by Crippen LogP contribution is 2.22. The van der Waals surface area contributed by atoms with Crippen LogP contribution in [0.1, 0.15) is 18.1 Å². The Morgan fingerprint density at radius 3 is 2.52 bits per heavy atom. The van der Waals surface area contributed by atoms with E-state index in [0.717, 1.165) is 16.9 Å². The summed E-state index contributed by atoms with van der Waals surface area (Å²) in [4.78, 5) is 11.6. The van der Waals surface area contributed by atoms with Gasteiger partial charge < -0.3 is 15.4 Å². The summed E-state index contributed by atoms with van der Waals surface area (Å²) >= 11 is 0. The summed E-state index contributed by atoms with van der Waals surface area (Å²) in [5.41, 5.74) is 2.16. The molecule has 0 spiro atoms. The zero-order valence-corrected chi connectivity index (χ0v) is 13.9. The molecular weight excluding hydrogens is 288 g/mol. The van der Waals surface area contributed by atoms with Gasteiger partial charge in [0.25, 0.3) is 0 Å². The summed E-state index contributed by atoms with van der Waals surface area (Å²) in [6, 6.07) is 5.61. The van der Waals surface area contributed by atoms with Crippen molar-refractivity contribution in [3.8, 4) is 5.75 Å². The van der Waals surface area contributed by atoms with E-state index in [2.05, 4.69) is 10.6 Å². The number of para-hydroxylation sites is 1. The van der Waals surface area contributed by atoms with Crippen LogP contribution in [-0.2, 0) is 10.8 Å². The molecule has 0 bridgehead atoms. The van der Waals surface area contributed by atoms with Crippen LogP contribution >= 0.6 is 0 Å². The van der Waals surface area contributed by atoms with E-state index in [0.29, 0.717) is 18.9 Å². The van der Waals surface area contributed by atoms with Gasteiger partial charge in [0.1, 0.15) is 12.4 Å². The molecule has 0 saturated heterocycles. The first-order valence-corrected chi connectivity index (χ1v) is 8.66. The number of carbonyl (C=O) groups is 1. The molecule has 0 aliphatic heterocycles. The van der Waals surface area contributed by atoms with Crippen LogP contribution in [0.25, 0.3) is 0 Å². The predicted molar refractivity (Wildman–Crippen MR) is 86.3 cm³/mol. The van der Waals surface area contributed by atoms with E-state index in [9.17, 15) is 9.00 Å². The number of ether oxygens (including phenoxy) is 1. The summed E-state index contributed by atoms with van der Waals surface area (Å²) in [6.07, 6.45) is 1.61. The van der Waals surface area contributed by atoms with Crippen LogP contribution in [0.4, 0.5) is 4.79 Å². The molecule has 0 unspecified atom stereocenters. The van der Waals surface area contributed by atoms with Gasteiger partial charge in [-0.1, -0.05) is 18.2 Å². The van der Waals surface area contributed by atoms with Crippen LogP contribution < -0.4 is 15.4 Å². The number of hydrogen-bond acceptors (Lipinski definition) is 3. The van der Waals surface area contributed by atoms with E-state index >= 15 is 0 Å². The molecule has 0 radical (unpaired) electrons. The summed E-state index contributed by atoms with van der Waals surface area (Å²) in [7, 11) is -0.895. The van der Waals surface area contributed by atoms with Crippen LogP contribution in [0.5, 0.6) is 5.75 Å². The molecule has 0 aromatic heterocycles. The molecule has 1 aromatic rings. The zero-order valence-electron chi connectivity index (χ0n) is 13.1. The molecule has 2 N–H and O–H groups in total. The van der Waals surface area contributed by atoms with Crippen LogP contribution in [0.2, 0.25) is 0 Å². The molecule has 21 heavy (non-hydrogen) atoms. The van der Waals surface area contributed by atoms with Gasteiger partial charge >= 0.3 is 6.03 Å². The zero-order chi connectivity index (χ0) is 15.8. The van der Waals surface area contributed by atoms with Crippen LogP contribution in [0, 0.1) is 13.8 Å². The molecular formula is C15H24N2O3S. The van der Waals surface area contributed by atoms with E-state index in [1.165, 1.54) is 0 Å². The number of amides is 2. The Morgan fingerprint density at radius 2 is 1.95 bits per heavy atom. The number of aryl methyl sites for hydroxylation is 2. The maximum atomic E-state index is 11.6. The first-order valence-electron chi connectivity index (χ1n) is 6.93. The molecule has 0 saturated carbocycles. The van der Waals surface area contributed by atoms with Crippen LogP contribution in [0.15, 0.2) is 18.2 Å². The van der Waals surface area contributed by atoms with Gasteiger partial charge in [0, 0.05) is 29.4 Å². The van der Waals surface area contributed by atoms with E-state index in [4.69, 9.17) is 4.74 Å². The Hall–Kier alpha value is -1.56. The molecule has 2 atom stereocenters. The molecule has 0 aliphatic carbocycles. The first-order chi connectivity index (χ1) is 9.90. The highest BCUT2D eigenvalue weighted by atomic mass is 32.2. The number of nitrogens with one attached hydrogen (secondary N) is 2. The van der Waals surface area contributed by atoms with Crippen molar-refractivity contribution in [2.24, 2.45) is 0 Å². The second-order valence-electron chi connectivity index (χ2n) is 5.11. The standard InChI is InChI=1S/C15H24N2O3S/c1-11-6-5-7-12(2)14(11)20-10-13(3)17-15(18)16-8-9-21(4)19/h5-7,13H,8-10H2,1-4H3,(H2,16,17,18)/t13-,21-/m0/s1. The van der Waals surface area contributed by atoms with Gasteiger partial charge in [-0.15, -0.1) is 0 Å². The highest BCUT2D eigenvalue weighted by Gasteiger charge is 2.09. The predicted octanol–water partition coefficient (Wildman–Crippen LogP) is 1.75. The third-order valence-electron chi connectivity index (χ3n) is 2.94. The number of benzene rings is 1. The van der Waals surface area contributed by atoms with Gasteiger partial charge in [-0.25, -0.2) is 4.79 Å². The molecule has 118 valence electrons. The van der Waals surface area contributed by atoms with Crippen molar-refractivity contribution >= 4 is 16.8 Å². The minimum Gasteiger partial charge on any atom is -0.491 e. The SMILES string of the molecule is Cc1cccc(C)c1OC[C@H](C)NC(=O)NCC[S@](C)=O. The van der Waals surface area contributed by atoms with Crippen LogP contribution in [0.3, 0.4) is 0 Å². The maximum absolute atomic E-state index is 11.6. The number of hydrogen-bond donors (Lipinski definition) is 2. The maximum Gasteiger partial charge on any atom is 0.315 e. The molecule has 1 aromatic carbocycles. The second-order valence-corrected chi connectivity index (χ2v) is 6.67. The van der Waals surface area contributed by atoms with Gasteiger partial charge in [-0.05, 0) is 31.9 Å². The minimum absolute atomic E-state index is 0.115. The van der Waals surface area contributed by atoms with Crippen molar-refractivity contribution in [1.82, 2.24) is 10.6 Å². The normalized spacial score (nSPS) is 13.3. The lowest BCUT2D eigenvalue weighted by Gasteiger charge is -2.17. The lowest BCUT2D eigenvalue weighted by Crippen LogP contribution is -2.44. The van der Waals surface area contributed by atoms with Gasteiger partial charge in [0.05, 0.1) is 6.04 Å². The van der Waals surface area contributed by atoms with Gasteiger partial charge in [0.2, 0.25) is 0 Å². The lowest BCUT2D eigenvalue weighted by atomic mass is 10.1. The Bertz CT molecular complexity index is 485. The molecule has 2 amide bonds. The average Bonchev–Trinajstić information content (AvgIpc) is 2.37. The molecule has 1 rings (SSSR count). The Labute approximate surface area is 128 Å². The monoisotopic (exact) mass is 312 g/mol. The molecule has 5 nitrogen and oxygen atoms in total. The van der Waals surface area contributed by atoms with E-state index in [-0.39, 0.29) is 12.1 Å². The topological polar surface area (TPSA) is 67.4 Å². The number of urea groups is 1. The Morgan fingerprint density at radius 1 is 1.33 bits per heavy atom. The fourth-order valence-electron chi connectivity index (χ4n) is 1.86. The third-order valence-corrected chi connectivity index (χ3v) is 3.72. The van der Waals surface area contributed by atoms with Gasteiger partial charge in [-0.2, -0.15) is 0 Å². The van der Waals surface area contributed by atoms with Crippen molar-refractivity contribution in [2.75, 3.05) is 25.2 Å². The van der Waals surface area contributed by atoms with Crippen molar-refractivity contribution in [1.29, 1.82) is 0 Å². The van der Waals surface area contributed by atoms with Gasteiger partial charge in [-0.3, -0.25) is 4.21 Å². The Balaban J connectivity index is 2.35. The lowest BCUT2D eigenvalue weighted by molar-refractivity contribution is 0.226. The number of rotatable bonds is 7.